The zero-order valence-electron chi connectivity index (χ0n) is 11.7. The van der Waals surface area contributed by atoms with Gasteiger partial charge in [0.1, 0.15) is 21.6 Å². The molecule has 0 saturated carbocycles. The monoisotopic (exact) mass is 331 g/mol. The summed E-state index contributed by atoms with van der Waals surface area (Å²) in [5.41, 5.74) is -0.0145. The number of carbonyl (C=O) groups excluding carboxylic acids is 1. The summed E-state index contributed by atoms with van der Waals surface area (Å²) < 4.78 is 16.2. The second-order valence-electron chi connectivity index (χ2n) is 4.82. The fourth-order valence-electron chi connectivity index (χ4n) is 1.36. The Labute approximate surface area is 121 Å². The van der Waals surface area contributed by atoms with Crippen LogP contribution in [0.15, 0.2) is 16.6 Å². The van der Waals surface area contributed by atoms with E-state index in [1.165, 1.54) is 14.2 Å². The number of anilines is 1. The molecule has 0 aliphatic rings. The first-order valence-corrected chi connectivity index (χ1v) is 6.47. The second kappa shape index (κ2) is 6.14. The van der Waals surface area contributed by atoms with Gasteiger partial charge < -0.3 is 14.2 Å². The zero-order chi connectivity index (χ0) is 14.6. The van der Waals surface area contributed by atoms with Crippen molar-refractivity contribution in [1.82, 2.24) is 0 Å². The summed E-state index contributed by atoms with van der Waals surface area (Å²) in [6, 6.07) is 3.35. The van der Waals surface area contributed by atoms with Crippen LogP contribution >= 0.6 is 15.9 Å². The molecule has 0 atom stereocenters. The molecular formula is C13H18BrNO4. The molecule has 19 heavy (non-hydrogen) atoms. The number of halogens is 1. The average Bonchev–Trinajstić information content (AvgIpc) is 2.28. The van der Waals surface area contributed by atoms with Crippen molar-refractivity contribution in [2.45, 2.75) is 26.4 Å². The highest BCUT2D eigenvalue weighted by molar-refractivity contribution is 9.10. The van der Waals surface area contributed by atoms with Gasteiger partial charge in [0.2, 0.25) is 0 Å². The average molecular weight is 332 g/mol. The molecule has 6 heteroatoms. The van der Waals surface area contributed by atoms with Gasteiger partial charge in [0, 0.05) is 12.1 Å². The van der Waals surface area contributed by atoms with Crippen molar-refractivity contribution >= 4 is 27.7 Å². The third-order valence-electron chi connectivity index (χ3n) is 2.09. The fourth-order valence-corrected chi connectivity index (χ4v) is 1.92. The van der Waals surface area contributed by atoms with Crippen molar-refractivity contribution in [3.63, 3.8) is 0 Å². The van der Waals surface area contributed by atoms with E-state index >= 15 is 0 Å². The Morgan fingerprint density at radius 3 is 2.00 bits per heavy atom. The van der Waals surface area contributed by atoms with Crippen LogP contribution in [-0.2, 0) is 4.74 Å². The van der Waals surface area contributed by atoms with Crippen LogP contribution in [0.5, 0.6) is 11.5 Å². The molecule has 0 radical (unpaired) electrons. The van der Waals surface area contributed by atoms with Gasteiger partial charge in [-0.15, -0.1) is 0 Å². The first-order valence-electron chi connectivity index (χ1n) is 5.68. The van der Waals surface area contributed by atoms with Crippen molar-refractivity contribution in [3.8, 4) is 11.5 Å². The molecule has 1 N–H and O–H groups in total. The lowest BCUT2D eigenvalue weighted by molar-refractivity contribution is 0.0636. The van der Waals surface area contributed by atoms with E-state index in [0.717, 1.165) is 0 Å². The van der Waals surface area contributed by atoms with E-state index in [4.69, 9.17) is 14.2 Å². The highest BCUT2D eigenvalue weighted by atomic mass is 79.9. The van der Waals surface area contributed by atoms with Crippen LogP contribution in [0.1, 0.15) is 20.8 Å². The van der Waals surface area contributed by atoms with Crippen molar-refractivity contribution in [3.05, 3.63) is 16.6 Å². The van der Waals surface area contributed by atoms with Crippen LogP contribution in [0, 0.1) is 0 Å². The molecule has 0 heterocycles. The van der Waals surface area contributed by atoms with Crippen LogP contribution in [-0.4, -0.2) is 25.9 Å². The third kappa shape index (κ3) is 4.63. The molecule has 0 spiro atoms. The molecule has 0 fully saturated rings. The SMILES string of the molecule is COc1cc(NC(=O)OC(C)(C)C)cc(OC)c1Br. The zero-order valence-corrected chi connectivity index (χ0v) is 13.3. The van der Waals surface area contributed by atoms with Gasteiger partial charge in [-0.25, -0.2) is 4.79 Å². The molecule has 5 nitrogen and oxygen atoms in total. The highest BCUT2D eigenvalue weighted by Gasteiger charge is 2.17. The van der Waals surface area contributed by atoms with Crippen LogP contribution in [0.4, 0.5) is 10.5 Å². The number of amides is 1. The lowest BCUT2D eigenvalue weighted by Crippen LogP contribution is -2.27. The van der Waals surface area contributed by atoms with E-state index in [2.05, 4.69) is 21.2 Å². The summed E-state index contributed by atoms with van der Waals surface area (Å²) in [4.78, 5) is 11.7. The number of hydrogen-bond donors (Lipinski definition) is 1. The molecular weight excluding hydrogens is 314 g/mol. The Bertz CT molecular complexity index is 443. The lowest BCUT2D eigenvalue weighted by atomic mass is 10.2. The van der Waals surface area contributed by atoms with Crippen molar-refractivity contribution < 1.29 is 19.0 Å². The maximum Gasteiger partial charge on any atom is 0.412 e. The smallest absolute Gasteiger partial charge is 0.412 e. The largest absolute Gasteiger partial charge is 0.495 e. The number of methoxy groups -OCH3 is 2. The first-order chi connectivity index (χ1) is 8.76. The Hall–Kier alpha value is -1.43. The molecule has 0 aromatic heterocycles. The van der Waals surface area contributed by atoms with Gasteiger partial charge in [0.15, 0.2) is 0 Å². The molecule has 0 aliphatic carbocycles. The van der Waals surface area contributed by atoms with Gasteiger partial charge in [-0.05, 0) is 36.7 Å². The van der Waals surface area contributed by atoms with Crippen LogP contribution < -0.4 is 14.8 Å². The summed E-state index contributed by atoms with van der Waals surface area (Å²) in [7, 11) is 3.08. The van der Waals surface area contributed by atoms with Gasteiger partial charge in [-0.1, -0.05) is 0 Å². The Kier molecular flexibility index (Phi) is 5.05. The van der Waals surface area contributed by atoms with E-state index in [0.29, 0.717) is 21.7 Å². The second-order valence-corrected chi connectivity index (χ2v) is 5.61. The number of hydrogen-bond acceptors (Lipinski definition) is 4. The van der Waals surface area contributed by atoms with Gasteiger partial charge in [-0.2, -0.15) is 0 Å². The number of benzene rings is 1. The van der Waals surface area contributed by atoms with E-state index in [1.54, 1.807) is 32.9 Å². The van der Waals surface area contributed by atoms with Crippen LogP contribution in [0.3, 0.4) is 0 Å². The van der Waals surface area contributed by atoms with Crippen molar-refractivity contribution in [1.29, 1.82) is 0 Å². The fraction of sp³-hybridized carbons (Fsp3) is 0.462. The number of nitrogens with one attached hydrogen (secondary N) is 1. The summed E-state index contributed by atoms with van der Waals surface area (Å²) >= 11 is 3.36. The van der Waals surface area contributed by atoms with Crippen LogP contribution in [0.25, 0.3) is 0 Å². The molecule has 0 saturated heterocycles. The molecule has 0 unspecified atom stereocenters. The molecule has 0 bridgehead atoms. The predicted molar refractivity (Wildman–Crippen MR) is 77.1 cm³/mol. The predicted octanol–water partition coefficient (Wildman–Crippen LogP) is 3.81. The minimum absolute atomic E-state index is 0.529. The molecule has 1 aromatic rings. The van der Waals surface area contributed by atoms with Gasteiger partial charge in [0.25, 0.3) is 0 Å². The Balaban J connectivity index is 2.93. The van der Waals surface area contributed by atoms with Gasteiger partial charge >= 0.3 is 6.09 Å². The molecule has 106 valence electrons. The standard InChI is InChI=1S/C13H18BrNO4/c1-13(2,3)19-12(16)15-8-6-9(17-4)11(14)10(7-8)18-5/h6-7H,1-5H3,(H,15,16). The number of ether oxygens (including phenoxy) is 3. The van der Waals surface area contributed by atoms with Crippen LogP contribution in [0.2, 0.25) is 0 Å². The van der Waals surface area contributed by atoms with E-state index in [1.807, 2.05) is 0 Å². The summed E-state index contributed by atoms with van der Waals surface area (Å²) in [5, 5.41) is 2.63. The highest BCUT2D eigenvalue weighted by Crippen LogP contribution is 2.37. The summed E-state index contributed by atoms with van der Waals surface area (Å²) in [5.74, 6) is 1.12. The van der Waals surface area contributed by atoms with E-state index in [9.17, 15) is 4.79 Å². The maximum absolute atomic E-state index is 11.7. The number of rotatable bonds is 3. The topological polar surface area (TPSA) is 56.8 Å². The summed E-state index contributed by atoms with van der Waals surface area (Å²) in [6.45, 7) is 5.40. The van der Waals surface area contributed by atoms with E-state index in [-0.39, 0.29) is 0 Å². The number of carbonyl (C=O) groups is 1. The molecule has 1 aromatic carbocycles. The normalized spacial score (nSPS) is 10.8. The van der Waals surface area contributed by atoms with Gasteiger partial charge in [0.05, 0.1) is 19.9 Å². The Morgan fingerprint density at radius 1 is 1.16 bits per heavy atom. The lowest BCUT2D eigenvalue weighted by Gasteiger charge is -2.20. The molecule has 0 aliphatic heterocycles. The molecule has 1 amide bonds. The Morgan fingerprint density at radius 2 is 1.63 bits per heavy atom. The van der Waals surface area contributed by atoms with Gasteiger partial charge in [-0.3, -0.25) is 5.32 Å². The minimum atomic E-state index is -0.548. The minimum Gasteiger partial charge on any atom is -0.495 e. The molecule has 1 rings (SSSR count). The van der Waals surface area contributed by atoms with Crippen molar-refractivity contribution in [2.24, 2.45) is 0 Å². The van der Waals surface area contributed by atoms with E-state index < -0.39 is 11.7 Å². The van der Waals surface area contributed by atoms with Crippen molar-refractivity contribution in [2.75, 3.05) is 19.5 Å². The first kappa shape index (κ1) is 15.6. The third-order valence-corrected chi connectivity index (χ3v) is 2.87. The quantitative estimate of drug-likeness (QED) is 0.914. The summed E-state index contributed by atoms with van der Waals surface area (Å²) in [6.07, 6.45) is -0.529. The maximum atomic E-state index is 11.7.